The lowest BCUT2D eigenvalue weighted by molar-refractivity contribution is 0.415. The minimum atomic E-state index is 0.771. The van der Waals surface area contributed by atoms with E-state index in [2.05, 4.69) is 23.2 Å². The number of aromatic nitrogens is 1. The molecule has 0 bridgehead atoms. The standard InChI is InChI=1S/C17H13NO2S2/c1-19-9-4-6-13-12(7-9)15-11-5-3-10(20-2)8-14(11)22-16(15)17(21)18-13/h3-8H,1-2H3,(H,18,21). The molecule has 0 radical (unpaired) electrons. The number of aromatic amines is 1. The Hall–Kier alpha value is -2.11. The number of nitrogens with one attached hydrogen (secondary N) is 1. The number of methoxy groups -OCH3 is 2. The number of benzene rings is 2. The van der Waals surface area contributed by atoms with Crippen LogP contribution in [-0.2, 0) is 0 Å². The first-order valence-electron chi connectivity index (χ1n) is 6.81. The van der Waals surface area contributed by atoms with E-state index in [4.69, 9.17) is 21.7 Å². The molecule has 4 aromatic rings. The third-order valence-corrected chi connectivity index (χ3v) is 5.45. The summed E-state index contributed by atoms with van der Waals surface area (Å²) >= 11 is 7.23. The number of fused-ring (bicyclic) bond motifs is 5. The summed E-state index contributed by atoms with van der Waals surface area (Å²) < 4.78 is 13.7. The zero-order valence-corrected chi connectivity index (χ0v) is 13.7. The van der Waals surface area contributed by atoms with Gasteiger partial charge in [-0.1, -0.05) is 12.2 Å². The molecule has 2 heterocycles. The average Bonchev–Trinajstić information content (AvgIpc) is 2.94. The van der Waals surface area contributed by atoms with Crippen molar-refractivity contribution in [2.75, 3.05) is 14.2 Å². The molecule has 2 aromatic carbocycles. The Labute approximate surface area is 136 Å². The zero-order chi connectivity index (χ0) is 15.3. The monoisotopic (exact) mass is 327 g/mol. The summed E-state index contributed by atoms with van der Waals surface area (Å²) in [7, 11) is 3.36. The summed E-state index contributed by atoms with van der Waals surface area (Å²) in [5.74, 6) is 1.70. The van der Waals surface area contributed by atoms with E-state index >= 15 is 0 Å². The van der Waals surface area contributed by atoms with Gasteiger partial charge < -0.3 is 14.5 Å². The molecule has 3 nitrogen and oxygen atoms in total. The van der Waals surface area contributed by atoms with E-state index in [0.29, 0.717) is 0 Å². The predicted octanol–water partition coefficient (Wildman–Crippen LogP) is 5.28. The van der Waals surface area contributed by atoms with Crippen molar-refractivity contribution in [1.29, 1.82) is 0 Å². The van der Waals surface area contributed by atoms with E-state index in [0.717, 1.165) is 31.7 Å². The maximum atomic E-state index is 5.54. The van der Waals surface area contributed by atoms with Crippen LogP contribution < -0.4 is 9.47 Å². The van der Waals surface area contributed by atoms with Gasteiger partial charge in [0, 0.05) is 26.4 Å². The molecule has 5 heteroatoms. The summed E-state index contributed by atoms with van der Waals surface area (Å²) in [5.41, 5.74) is 1.02. The van der Waals surface area contributed by atoms with E-state index in [1.807, 2.05) is 18.2 Å². The Bertz CT molecular complexity index is 1080. The van der Waals surface area contributed by atoms with Crippen LogP contribution in [0.25, 0.3) is 31.1 Å². The molecular formula is C17H13NO2S2. The molecular weight excluding hydrogens is 314 g/mol. The fourth-order valence-electron chi connectivity index (χ4n) is 2.78. The lowest BCUT2D eigenvalue weighted by atomic mass is 10.1. The second-order valence-corrected chi connectivity index (χ2v) is 6.49. The van der Waals surface area contributed by atoms with E-state index in [9.17, 15) is 0 Å². The molecule has 0 fully saturated rings. The summed E-state index contributed by atoms with van der Waals surface area (Å²) in [5, 5.41) is 3.50. The van der Waals surface area contributed by atoms with Crippen molar-refractivity contribution in [3.63, 3.8) is 0 Å². The van der Waals surface area contributed by atoms with Gasteiger partial charge in [0.25, 0.3) is 0 Å². The van der Waals surface area contributed by atoms with Crippen LogP contribution in [0, 0.1) is 4.64 Å². The maximum absolute atomic E-state index is 5.54. The largest absolute Gasteiger partial charge is 0.497 e. The Balaban J connectivity index is 2.24. The molecule has 22 heavy (non-hydrogen) atoms. The van der Waals surface area contributed by atoms with Gasteiger partial charge in [0.2, 0.25) is 0 Å². The van der Waals surface area contributed by atoms with Crippen LogP contribution in [0.4, 0.5) is 0 Å². The molecule has 0 aliphatic carbocycles. The van der Waals surface area contributed by atoms with Gasteiger partial charge in [-0.15, -0.1) is 11.3 Å². The predicted molar refractivity (Wildman–Crippen MR) is 95.1 cm³/mol. The van der Waals surface area contributed by atoms with Crippen LogP contribution in [0.5, 0.6) is 11.5 Å². The van der Waals surface area contributed by atoms with Gasteiger partial charge in [-0.3, -0.25) is 0 Å². The molecule has 110 valence electrons. The average molecular weight is 327 g/mol. The van der Waals surface area contributed by atoms with Gasteiger partial charge in [0.15, 0.2) is 0 Å². The van der Waals surface area contributed by atoms with Crippen molar-refractivity contribution in [1.82, 2.24) is 4.98 Å². The van der Waals surface area contributed by atoms with Crippen LogP contribution in [0.2, 0.25) is 0 Å². The Morgan fingerprint density at radius 3 is 2.45 bits per heavy atom. The van der Waals surface area contributed by atoms with Gasteiger partial charge in [-0.25, -0.2) is 0 Å². The Morgan fingerprint density at radius 1 is 0.955 bits per heavy atom. The van der Waals surface area contributed by atoms with Crippen LogP contribution >= 0.6 is 23.6 Å². The number of ether oxygens (including phenoxy) is 2. The van der Waals surface area contributed by atoms with Gasteiger partial charge in [0.05, 0.1) is 18.9 Å². The van der Waals surface area contributed by atoms with Gasteiger partial charge in [0.1, 0.15) is 16.1 Å². The molecule has 0 saturated carbocycles. The molecule has 0 unspecified atom stereocenters. The van der Waals surface area contributed by atoms with E-state index in [1.165, 1.54) is 15.5 Å². The number of rotatable bonds is 2. The Kier molecular flexibility index (Phi) is 3.06. The Morgan fingerprint density at radius 2 is 1.68 bits per heavy atom. The first kappa shape index (κ1) is 13.5. The lowest BCUT2D eigenvalue weighted by Gasteiger charge is -2.05. The first-order chi connectivity index (χ1) is 10.7. The molecule has 0 atom stereocenters. The van der Waals surface area contributed by atoms with Crippen molar-refractivity contribution < 1.29 is 9.47 Å². The molecule has 0 saturated heterocycles. The fraction of sp³-hybridized carbons (Fsp3) is 0.118. The smallest absolute Gasteiger partial charge is 0.121 e. The highest BCUT2D eigenvalue weighted by Crippen LogP contribution is 2.40. The maximum Gasteiger partial charge on any atom is 0.121 e. The zero-order valence-electron chi connectivity index (χ0n) is 12.1. The quantitative estimate of drug-likeness (QED) is 0.508. The SMILES string of the molecule is COc1ccc2c(c1)sc1c(=S)[nH]c3ccc(OC)cc3c12. The van der Waals surface area contributed by atoms with Crippen molar-refractivity contribution in [2.45, 2.75) is 0 Å². The molecule has 2 aromatic heterocycles. The molecule has 4 rings (SSSR count). The summed E-state index contributed by atoms with van der Waals surface area (Å²) in [6.45, 7) is 0. The van der Waals surface area contributed by atoms with Crippen LogP contribution in [0.15, 0.2) is 36.4 Å². The molecule has 0 aliphatic rings. The van der Waals surface area contributed by atoms with Crippen LogP contribution in [0.3, 0.4) is 0 Å². The molecule has 1 N–H and O–H groups in total. The number of hydrogen-bond donors (Lipinski definition) is 1. The van der Waals surface area contributed by atoms with Crippen LogP contribution in [0.1, 0.15) is 0 Å². The highest BCUT2D eigenvalue weighted by Gasteiger charge is 2.12. The minimum absolute atomic E-state index is 0.771. The molecule has 0 aliphatic heterocycles. The summed E-state index contributed by atoms with van der Waals surface area (Å²) in [4.78, 5) is 3.31. The van der Waals surface area contributed by atoms with Crippen molar-refractivity contribution in [3.05, 3.63) is 41.0 Å². The van der Waals surface area contributed by atoms with Crippen molar-refractivity contribution in [3.8, 4) is 11.5 Å². The fourth-order valence-corrected chi connectivity index (χ4v) is 4.25. The normalized spacial score (nSPS) is 11.4. The lowest BCUT2D eigenvalue weighted by Crippen LogP contribution is -1.85. The molecule has 0 spiro atoms. The van der Waals surface area contributed by atoms with Crippen LogP contribution in [-0.4, -0.2) is 19.2 Å². The third kappa shape index (κ3) is 1.90. The van der Waals surface area contributed by atoms with Gasteiger partial charge in [-0.05, 0) is 36.4 Å². The van der Waals surface area contributed by atoms with Gasteiger partial charge in [-0.2, -0.15) is 0 Å². The third-order valence-electron chi connectivity index (χ3n) is 3.85. The number of hydrogen-bond acceptors (Lipinski definition) is 4. The second kappa shape index (κ2) is 4.97. The first-order valence-corrected chi connectivity index (χ1v) is 8.04. The highest BCUT2D eigenvalue weighted by molar-refractivity contribution is 7.71. The minimum Gasteiger partial charge on any atom is -0.497 e. The number of pyridine rings is 1. The molecule has 0 amide bonds. The number of H-pyrrole nitrogens is 1. The van der Waals surface area contributed by atoms with Crippen molar-refractivity contribution >= 4 is 54.6 Å². The van der Waals surface area contributed by atoms with E-state index in [1.54, 1.807) is 25.6 Å². The van der Waals surface area contributed by atoms with Gasteiger partial charge >= 0.3 is 0 Å². The number of thiophene rings is 1. The van der Waals surface area contributed by atoms with E-state index < -0.39 is 0 Å². The summed E-state index contributed by atoms with van der Waals surface area (Å²) in [6.07, 6.45) is 0. The van der Waals surface area contributed by atoms with Crippen molar-refractivity contribution in [2.24, 2.45) is 0 Å². The highest BCUT2D eigenvalue weighted by atomic mass is 32.1. The topological polar surface area (TPSA) is 34.2 Å². The second-order valence-electron chi connectivity index (χ2n) is 5.03. The van der Waals surface area contributed by atoms with E-state index in [-0.39, 0.29) is 0 Å². The summed E-state index contributed by atoms with van der Waals surface area (Å²) in [6, 6.07) is 12.1.